The molecule has 0 amide bonds. The standard InChI is InChI=1S/C16H24ClNO2S/c1-16(2,3)10-14(17)11-18-21(19,20)15-8-7-12-5-4-6-13(12)9-15/h7-9,14,18H,4-6,10-11H2,1-3H3. The molecule has 0 aliphatic heterocycles. The minimum Gasteiger partial charge on any atom is -0.210 e. The summed E-state index contributed by atoms with van der Waals surface area (Å²) >= 11 is 6.23. The Bertz CT molecular complexity index is 605. The zero-order valence-electron chi connectivity index (χ0n) is 12.9. The molecule has 0 bridgehead atoms. The molecule has 1 aliphatic carbocycles. The smallest absolute Gasteiger partial charge is 0.210 e. The summed E-state index contributed by atoms with van der Waals surface area (Å²) in [6.07, 6.45) is 3.90. The first-order chi connectivity index (χ1) is 9.67. The van der Waals surface area contributed by atoms with Gasteiger partial charge in [0.2, 0.25) is 10.0 Å². The number of aryl methyl sites for hydroxylation is 2. The van der Waals surface area contributed by atoms with Gasteiger partial charge in [0.05, 0.1) is 4.90 Å². The molecule has 0 saturated carbocycles. The van der Waals surface area contributed by atoms with Crippen molar-refractivity contribution in [3.05, 3.63) is 29.3 Å². The van der Waals surface area contributed by atoms with E-state index in [9.17, 15) is 8.42 Å². The van der Waals surface area contributed by atoms with E-state index in [1.54, 1.807) is 12.1 Å². The summed E-state index contributed by atoms with van der Waals surface area (Å²) in [6, 6.07) is 5.43. The van der Waals surface area contributed by atoms with Crippen LogP contribution in [0.1, 0.15) is 44.7 Å². The first kappa shape index (κ1) is 16.8. The first-order valence-electron chi connectivity index (χ1n) is 7.43. The Hall–Kier alpha value is -0.580. The topological polar surface area (TPSA) is 46.2 Å². The summed E-state index contributed by atoms with van der Waals surface area (Å²) in [5, 5.41) is -0.200. The number of benzene rings is 1. The molecular formula is C16H24ClNO2S. The second kappa shape index (κ2) is 6.27. The Morgan fingerprint density at radius 3 is 2.57 bits per heavy atom. The lowest BCUT2D eigenvalue weighted by Crippen LogP contribution is -2.31. The molecule has 2 rings (SSSR count). The summed E-state index contributed by atoms with van der Waals surface area (Å²) in [4.78, 5) is 0.350. The van der Waals surface area contributed by atoms with E-state index in [0.29, 0.717) is 4.90 Å². The molecule has 1 atom stereocenters. The van der Waals surface area contributed by atoms with Gasteiger partial charge in [-0.1, -0.05) is 26.8 Å². The number of alkyl halides is 1. The second-order valence-corrected chi connectivity index (χ2v) is 9.38. The van der Waals surface area contributed by atoms with Gasteiger partial charge in [-0.05, 0) is 54.4 Å². The van der Waals surface area contributed by atoms with Gasteiger partial charge in [0.15, 0.2) is 0 Å². The van der Waals surface area contributed by atoms with E-state index in [-0.39, 0.29) is 17.3 Å². The van der Waals surface area contributed by atoms with Crippen molar-refractivity contribution in [2.45, 2.75) is 56.7 Å². The largest absolute Gasteiger partial charge is 0.240 e. The summed E-state index contributed by atoms with van der Waals surface area (Å²) in [6.45, 7) is 6.55. The monoisotopic (exact) mass is 329 g/mol. The van der Waals surface area contributed by atoms with Crippen molar-refractivity contribution in [1.29, 1.82) is 0 Å². The van der Waals surface area contributed by atoms with Gasteiger partial charge in [-0.25, -0.2) is 13.1 Å². The number of nitrogens with one attached hydrogen (secondary N) is 1. The van der Waals surface area contributed by atoms with Crippen LogP contribution < -0.4 is 4.72 Å². The van der Waals surface area contributed by atoms with Crippen molar-refractivity contribution in [1.82, 2.24) is 4.72 Å². The lowest BCUT2D eigenvalue weighted by atomic mass is 9.90. The minimum atomic E-state index is -3.47. The molecule has 0 heterocycles. The summed E-state index contributed by atoms with van der Waals surface area (Å²) in [5.41, 5.74) is 2.53. The predicted molar refractivity (Wildman–Crippen MR) is 87.4 cm³/mol. The highest BCUT2D eigenvalue weighted by atomic mass is 35.5. The molecule has 0 saturated heterocycles. The molecule has 1 aromatic rings. The highest BCUT2D eigenvalue weighted by Gasteiger charge is 2.21. The van der Waals surface area contributed by atoms with Crippen LogP contribution in [0.5, 0.6) is 0 Å². The normalized spacial score (nSPS) is 16.8. The van der Waals surface area contributed by atoms with Gasteiger partial charge in [-0.2, -0.15) is 0 Å². The zero-order chi connectivity index (χ0) is 15.7. The molecule has 3 nitrogen and oxygen atoms in total. The van der Waals surface area contributed by atoms with Crippen LogP contribution in [0.2, 0.25) is 0 Å². The quantitative estimate of drug-likeness (QED) is 0.840. The second-order valence-electron chi connectivity index (χ2n) is 7.00. The summed E-state index contributed by atoms with van der Waals surface area (Å²) < 4.78 is 27.3. The Balaban J connectivity index is 2.02. The van der Waals surface area contributed by atoms with E-state index >= 15 is 0 Å². The number of sulfonamides is 1. The van der Waals surface area contributed by atoms with Crippen LogP contribution in [0.3, 0.4) is 0 Å². The van der Waals surface area contributed by atoms with Gasteiger partial charge < -0.3 is 0 Å². The zero-order valence-corrected chi connectivity index (χ0v) is 14.5. The van der Waals surface area contributed by atoms with E-state index < -0.39 is 10.0 Å². The fourth-order valence-electron chi connectivity index (χ4n) is 2.74. The molecule has 0 spiro atoms. The number of rotatable bonds is 5. The molecule has 0 fully saturated rings. The van der Waals surface area contributed by atoms with Crippen LogP contribution in [0, 0.1) is 5.41 Å². The van der Waals surface area contributed by atoms with E-state index in [2.05, 4.69) is 25.5 Å². The minimum absolute atomic E-state index is 0.0887. The molecular weight excluding hydrogens is 306 g/mol. The highest BCUT2D eigenvalue weighted by molar-refractivity contribution is 7.89. The van der Waals surface area contributed by atoms with Crippen molar-refractivity contribution >= 4 is 21.6 Å². The van der Waals surface area contributed by atoms with Crippen LogP contribution >= 0.6 is 11.6 Å². The Kier molecular flexibility index (Phi) is 5.01. The van der Waals surface area contributed by atoms with Gasteiger partial charge in [0.1, 0.15) is 0 Å². The molecule has 0 radical (unpaired) electrons. The van der Waals surface area contributed by atoms with Crippen molar-refractivity contribution in [3.8, 4) is 0 Å². The van der Waals surface area contributed by atoms with Crippen molar-refractivity contribution in [2.24, 2.45) is 5.41 Å². The maximum absolute atomic E-state index is 12.3. The van der Waals surface area contributed by atoms with E-state index in [4.69, 9.17) is 11.6 Å². The predicted octanol–water partition coefficient (Wildman–Crippen LogP) is 3.50. The maximum atomic E-state index is 12.3. The van der Waals surface area contributed by atoms with Crippen molar-refractivity contribution in [3.63, 3.8) is 0 Å². The third-order valence-electron chi connectivity index (χ3n) is 3.71. The van der Waals surface area contributed by atoms with Gasteiger partial charge in [0.25, 0.3) is 0 Å². The van der Waals surface area contributed by atoms with Crippen molar-refractivity contribution < 1.29 is 8.42 Å². The maximum Gasteiger partial charge on any atom is 0.240 e. The van der Waals surface area contributed by atoms with E-state index in [1.165, 1.54) is 5.56 Å². The number of hydrogen-bond acceptors (Lipinski definition) is 2. The average molecular weight is 330 g/mol. The average Bonchev–Trinajstić information content (AvgIpc) is 2.81. The molecule has 118 valence electrons. The molecule has 0 aromatic heterocycles. The third-order valence-corrected chi connectivity index (χ3v) is 5.44. The van der Waals surface area contributed by atoms with E-state index in [0.717, 1.165) is 31.2 Å². The van der Waals surface area contributed by atoms with Gasteiger partial charge in [-0.3, -0.25) is 0 Å². The molecule has 1 aliphatic rings. The third kappa shape index (κ3) is 4.70. The number of fused-ring (bicyclic) bond motifs is 1. The fourth-order valence-corrected chi connectivity index (χ4v) is 4.50. The molecule has 1 unspecified atom stereocenters. The lowest BCUT2D eigenvalue weighted by molar-refractivity contribution is 0.369. The van der Waals surface area contributed by atoms with E-state index in [1.807, 2.05) is 6.07 Å². The summed E-state index contributed by atoms with van der Waals surface area (Å²) in [5.74, 6) is 0. The van der Waals surface area contributed by atoms with Crippen LogP contribution in [0.15, 0.2) is 23.1 Å². The first-order valence-corrected chi connectivity index (χ1v) is 9.35. The number of hydrogen-bond donors (Lipinski definition) is 1. The van der Waals surface area contributed by atoms with Crippen molar-refractivity contribution in [2.75, 3.05) is 6.54 Å². The van der Waals surface area contributed by atoms with Crippen LogP contribution in [0.4, 0.5) is 0 Å². The molecule has 1 aromatic carbocycles. The Labute approximate surface area is 133 Å². The molecule has 1 N–H and O–H groups in total. The SMILES string of the molecule is CC(C)(C)CC(Cl)CNS(=O)(=O)c1ccc2c(c1)CCC2. The van der Waals surface area contributed by atoms with Crippen LogP contribution in [0.25, 0.3) is 0 Å². The van der Waals surface area contributed by atoms with Gasteiger partial charge in [0, 0.05) is 11.9 Å². The molecule has 5 heteroatoms. The Morgan fingerprint density at radius 2 is 1.90 bits per heavy atom. The fraction of sp³-hybridized carbons (Fsp3) is 0.625. The Morgan fingerprint density at radius 1 is 1.24 bits per heavy atom. The van der Waals surface area contributed by atoms with Gasteiger partial charge >= 0.3 is 0 Å². The van der Waals surface area contributed by atoms with Gasteiger partial charge in [-0.15, -0.1) is 11.6 Å². The molecule has 21 heavy (non-hydrogen) atoms. The highest BCUT2D eigenvalue weighted by Crippen LogP contribution is 2.25. The van der Waals surface area contributed by atoms with Crippen LogP contribution in [-0.2, 0) is 22.9 Å². The summed E-state index contributed by atoms with van der Waals surface area (Å²) in [7, 11) is -3.47. The van der Waals surface area contributed by atoms with Crippen LogP contribution in [-0.4, -0.2) is 20.3 Å². The lowest BCUT2D eigenvalue weighted by Gasteiger charge is -2.22. The number of halogens is 1.